The number of nitrogens with two attached hydrogens (primary N) is 1. The Bertz CT molecular complexity index is 478. The van der Waals surface area contributed by atoms with E-state index in [1.807, 2.05) is 0 Å². The van der Waals surface area contributed by atoms with E-state index in [4.69, 9.17) is 15.2 Å². The van der Waals surface area contributed by atoms with E-state index in [-0.39, 0.29) is 18.8 Å². The molecule has 20 heavy (non-hydrogen) atoms. The van der Waals surface area contributed by atoms with Gasteiger partial charge in [-0.1, -0.05) is 6.07 Å². The van der Waals surface area contributed by atoms with Crippen LogP contribution in [0.3, 0.4) is 0 Å². The van der Waals surface area contributed by atoms with Gasteiger partial charge < -0.3 is 19.9 Å². The number of rotatable bonds is 5. The van der Waals surface area contributed by atoms with Crippen molar-refractivity contribution in [3.63, 3.8) is 0 Å². The van der Waals surface area contributed by atoms with E-state index in [9.17, 15) is 9.59 Å². The molecule has 0 aliphatic carbocycles. The van der Waals surface area contributed by atoms with Gasteiger partial charge in [0.05, 0.1) is 20.6 Å². The van der Waals surface area contributed by atoms with Gasteiger partial charge in [0.25, 0.3) is 0 Å². The molecule has 0 aromatic heterocycles. The predicted octanol–water partition coefficient (Wildman–Crippen LogP) is 1.61. The van der Waals surface area contributed by atoms with E-state index < -0.39 is 18.0 Å². The smallest absolute Gasteiger partial charge is 0.308 e. The normalized spacial score (nSPS) is 11.0. The Kier molecular flexibility index (Phi) is 7.64. The molecule has 7 heteroatoms. The Morgan fingerprint density at radius 2 is 1.90 bits per heavy atom. The standard InChI is InChI=1S/C13H17NO5.ClH/c1-8(15)19-11-5-4-9(6-12(11)17-2)10(14)7-13(16)18-3;/h4-6,10H,7,14H2,1-3H3;1H/t10-;/m0./s1. The van der Waals surface area contributed by atoms with Crippen LogP contribution in [0.1, 0.15) is 24.9 Å². The molecule has 0 spiro atoms. The van der Waals surface area contributed by atoms with Crippen molar-refractivity contribution < 1.29 is 23.8 Å². The summed E-state index contributed by atoms with van der Waals surface area (Å²) in [4.78, 5) is 22.1. The number of benzene rings is 1. The third kappa shape index (κ3) is 5.07. The summed E-state index contributed by atoms with van der Waals surface area (Å²) < 4.78 is 14.7. The molecule has 0 saturated heterocycles. The van der Waals surface area contributed by atoms with Gasteiger partial charge >= 0.3 is 11.9 Å². The monoisotopic (exact) mass is 303 g/mol. The van der Waals surface area contributed by atoms with E-state index >= 15 is 0 Å². The van der Waals surface area contributed by atoms with E-state index in [0.29, 0.717) is 17.1 Å². The number of ether oxygens (including phenoxy) is 3. The van der Waals surface area contributed by atoms with Crippen molar-refractivity contribution in [1.29, 1.82) is 0 Å². The van der Waals surface area contributed by atoms with Crippen molar-refractivity contribution >= 4 is 24.3 Å². The summed E-state index contributed by atoms with van der Waals surface area (Å²) in [6.45, 7) is 1.30. The molecule has 6 nitrogen and oxygen atoms in total. The lowest BCUT2D eigenvalue weighted by Crippen LogP contribution is -2.16. The second-order valence-corrected chi connectivity index (χ2v) is 3.89. The molecular formula is C13H18ClNO5. The molecule has 0 heterocycles. The second-order valence-electron chi connectivity index (χ2n) is 3.89. The minimum atomic E-state index is -0.507. The summed E-state index contributed by atoms with van der Waals surface area (Å²) in [5.74, 6) is -0.141. The molecule has 0 radical (unpaired) electrons. The molecule has 1 atom stereocenters. The van der Waals surface area contributed by atoms with Crippen molar-refractivity contribution in [2.45, 2.75) is 19.4 Å². The largest absolute Gasteiger partial charge is 0.493 e. The molecule has 0 aliphatic heterocycles. The van der Waals surface area contributed by atoms with Crippen molar-refractivity contribution in [2.24, 2.45) is 5.73 Å². The minimum absolute atomic E-state index is 0. The average molecular weight is 304 g/mol. The van der Waals surface area contributed by atoms with E-state index in [2.05, 4.69) is 4.74 Å². The lowest BCUT2D eigenvalue weighted by Gasteiger charge is -2.14. The second kappa shape index (κ2) is 8.39. The summed E-state index contributed by atoms with van der Waals surface area (Å²) in [5.41, 5.74) is 6.57. The molecule has 0 fully saturated rings. The SMILES string of the molecule is COC(=O)C[C@H](N)c1ccc(OC(C)=O)c(OC)c1.Cl. The Morgan fingerprint density at radius 3 is 2.40 bits per heavy atom. The fourth-order valence-electron chi connectivity index (χ4n) is 1.53. The van der Waals surface area contributed by atoms with Gasteiger partial charge in [-0.25, -0.2) is 0 Å². The lowest BCUT2D eigenvalue weighted by molar-refractivity contribution is -0.141. The van der Waals surface area contributed by atoms with Gasteiger partial charge in [0, 0.05) is 13.0 Å². The lowest BCUT2D eigenvalue weighted by atomic mass is 10.0. The van der Waals surface area contributed by atoms with Crippen molar-refractivity contribution in [3.05, 3.63) is 23.8 Å². The van der Waals surface area contributed by atoms with E-state index in [1.54, 1.807) is 18.2 Å². The molecule has 112 valence electrons. The summed E-state index contributed by atoms with van der Waals surface area (Å²) >= 11 is 0. The molecular weight excluding hydrogens is 286 g/mol. The van der Waals surface area contributed by atoms with Gasteiger partial charge in [-0.3, -0.25) is 9.59 Å². The predicted molar refractivity (Wildman–Crippen MR) is 75.1 cm³/mol. The van der Waals surface area contributed by atoms with Crippen LogP contribution in [0.25, 0.3) is 0 Å². The van der Waals surface area contributed by atoms with Gasteiger partial charge in [-0.2, -0.15) is 0 Å². The van der Waals surface area contributed by atoms with Crippen molar-refractivity contribution in [3.8, 4) is 11.5 Å². The molecule has 0 saturated carbocycles. The molecule has 0 unspecified atom stereocenters. The van der Waals surface area contributed by atoms with Gasteiger partial charge in [0.2, 0.25) is 0 Å². The summed E-state index contributed by atoms with van der Waals surface area (Å²) in [6.07, 6.45) is 0.0621. The Morgan fingerprint density at radius 1 is 1.25 bits per heavy atom. The minimum Gasteiger partial charge on any atom is -0.493 e. The first-order valence-corrected chi connectivity index (χ1v) is 5.66. The number of carbonyl (C=O) groups is 2. The first-order valence-electron chi connectivity index (χ1n) is 5.66. The number of hydrogen-bond donors (Lipinski definition) is 1. The first-order chi connectivity index (χ1) is 8.97. The topological polar surface area (TPSA) is 87.9 Å². The van der Waals surface area contributed by atoms with Gasteiger partial charge in [-0.15, -0.1) is 12.4 Å². The maximum absolute atomic E-state index is 11.2. The Balaban J connectivity index is 0.00000361. The van der Waals surface area contributed by atoms with Gasteiger partial charge in [0.1, 0.15) is 0 Å². The summed E-state index contributed by atoms with van der Waals surface area (Å²) in [6, 6.07) is 4.38. The zero-order valence-electron chi connectivity index (χ0n) is 11.5. The van der Waals surface area contributed by atoms with Gasteiger partial charge in [0.15, 0.2) is 11.5 Å². The zero-order chi connectivity index (χ0) is 14.4. The number of esters is 2. The van der Waals surface area contributed by atoms with Crippen LogP contribution in [-0.4, -0.2) is 26.2 Å². The highest BCUT2D eigenvalue weighted by Crippen LogP contribution is 2.30. The van der Waals surface area contributed by atoms with Crippen LogP contribution >= 0.6 is 12.4 Å². The first kappa shape index (κ1) is 18.2. The van der Waals surface area contributed by atoms with Crippen molar-refractivity contribution in [2.75, 3.05) is 14.2 Å². The van der Waals surface area contributed by atoms with Gasteiger partial charge in [-0.05, 0) is 17.7 Å². The molecule has 2 N–H and O–H groups in total. The molecule has 1 rings (SSSR count). The fraction of sp³-hybridized carbons (Fsp3) is 0.385. The summed E-state index contributed by atoms with van der Waals surface area (Å²) in [7, 11) is 2.76. The molecule has 0 bridgehead atoms. The highest BCUT2D eigenvalue weighted by atomic mass is 35.5. The van der Waals surface area contributed by atoms with Crippen LogP contribution in [0.15, 0.2) is 18.2 Å². The van der Waals surface area contributed by atoms with E-state index in [1.165, 1.54) is 21.1 Å². The molecule has 0 amide bonds. The quantitative estimate of drug-likeness (QED) is 0.656. The van der Waals surface area contributed by atoms with Crippen LogP contribution in [0.2, 0.25) is 0 Å². The van der Waals surface area contributed by atoms with Crippen LogP contribution < -0.4 is 15.2 Å². The third-order valence-electron chi connectivity index (χ3n) is 2.48. The number of hydrogen-bond acceptors (Lipinski definition) is 6. The van der Waals surface area contributed by atoms with Crippen LogP contribution in [0.5, 0.6) is 11.5 Å². The van der Waals surface area contributed by atoms with E-state index in [0.717, 1.165) is 0 Å². The maximum atomic E-state index is 11.2. The number of carbonyl (C=O) groups excluding carboxylic acids is 2. The fourth-order valence-corrected chi connectivity index (χ4v) is 1.53. The molecule has 0 aliphatic rings. The van der Waals surface area contributed by atoms with Crippen molar-refractivity contribution in [1.82, 2.24) is 0 Å². The van der Waals surface area contributed by atoms with Crippen LogP contribution in [0.4, 0.5) is 0 Å². The highest BCUT2D eigenvalue weighted by Gasteiger charge is 2.15. The number of methoxy groups -OCH3 is 2. The Hall–Kier alpha value is -1.79. The number of halogens is 1. The summed E-state index contributed by atoms with van der Waals surface area (Å²) in [5, 5.41) is 0. The maximum Gasteiger partial charge on any atom is 0.308 e. The third-order valence-corrected chi connectivity index (χ3v) is 2.48. The zero-order valence-corrected chi connectivity index (χ0v) is 12.4. The highest BCUT2D eigenvalue weighted by molar-refractivity contribution is 5.85. The Labute approximate surface area is 123 Å². The average Bonchev–Trinajstić information content (AvgIpc) is 2.38. The molecule has 1 aromatic rings. The molecule has 1 aromatic carbocycles. The van der Waals surface area contributed by atoms with Crippen LogP contribution in [0, 0.1) is 0 Å². The van der Waals surface area contributed by atoms with Crippen LogP contribution in [-0.2, 0) is 14.3 Å².